The van der Waals surface area contributed by atoms with Crippen molar-refractivity contribution in [1.29, 1.82) is 0 Å². The van der Waals surface area contributed by atoms with E-state index in [1.165, 1.54) is 0 Å². The lowest BCUT2D eigenvalue weighted by molar-refractivity contribution is 0.0693. The van der Waals surface area contributed by atoms with Crippen LogP contribution in [0.1, 0.15) is 17.4 Å². The van der Waals surface area contributed by atoms with Crippen LogP contribution in [0.2, 0.25) is 5.02 Å². The molecule has 1 aromatic heterocycles. The van der Waals surface area contributed by atoms with Gasteiger partial charge in [0, 0.05) is 16.0 Å². The lowest BCUT2D eigenvalue weighted by atomic mass is 10.1. The molecule has 6 heteroatoms. The number of rotatable bonds is 4. The van der Waals surface area contributed by atoms with Crippen molar-refractivity contribution in [3.8, 4) is 17.1 Å². The fourth-order valence-corrected chi connectivity index (χ4v) is 2.43. The Hall–Kier alpha value is -2.66. The molecule has 0 aliphatic heterocycles. The van der Waals surface area contributed by atoms with Gasteiger partial charge in [0.05, 0.1) is 12.1 Å². The number of carbonyl (C=O) groups is 1. The van der Waals surface area contributed by atoms with E-state index in [2.05, 4.69) is 9.97 Å². The summed E-state index contributed by atoms with van der Waals surface area (Å²) in [6.07, 6.45) is 0. The zero-order valence-electron chi connectivity index (χ0n) is 12.3. The van der Waals surface area contributed by atoms with Gasteiger partial charge in [-0.2, -0.15) is 0 Å². The number of ether oxygens (including phenoxy) is 1. The molecule has 0 spiro atoms. The van der Waals surface area contributed by atoms with Crippen molar-refractivity contribution in [1.82, 2.24) is 9.97 Å². The average molecular weight is 329 g/mol. The van der Waals surface area contributed by atoms with Gasteiger partial charge in [-0.25, -0.2) is 14.8 Å². The standard InChI is InChI=1S/C17H13ClN2O3/c1-2-23-12-6-3-10(4-7-12)16-19-14-9-11(18)5-8-13(14)15(20-16)17(21)22/h3-9H,2H2,1H3,(H,21,22). The van der Waals surface area contributed by atoms with Gasteiger partial charge in [-0.3, -0.25) is 0 Å². The number of aromatic nitrogens is 2. The van der Waals surface area contributed by atoms with Crippen molar-refractivity contribution in [3.05, 3.63) is 53.2 Å². The van der Waals surface area contributed by atoms with Crippen LogP contribution in [0.4, 0.5) is 0 Å². The Morgan fingerprint density at radius 3 is 2.57 bits per heavy atom. The normalized spacial score (nSPS) is 10.7. The number of aromatic carboxylic acids is 1. The molecule has 0 amide bonds. The predicted octanol–water partition coefficient (Wildman–Crippen LogP) is 4.05. The second kappa shape index (κ2) is 6.22. The van der Waals surface area contributed by atoms with E-state index in [9.17, 15) is 9.90 Å². The first kappa shape index (κ1) is 15.2. The van der Waals surface area contributed by atoms with Gasteiger partial charge in [-0.1, -0.05) is 11.6 Å². The lowest BCUT2D eigenvalue weighted by Gasteiger charge is -2.07. The van der Waals surface area contributed by atoms with Crippen LogP contribution in [0.15, 0.2) is 42.5 Å². The molecule has 0 unspecified atom stereocenters. The lowest BCUT2D eigenvalue weighted by Crippen LogP contribution is -2.04. The van der Waals surface area contributed by atoms with Crippen molar-refractivity contribution in [2.45, 2.75) is 6.92 Å². The summed E-state index contributed by atoms with van der Waals surface area (Å²) in [6, 6.07) is 12.0. The van der Waals surface area contributed by atoms with E-state index >= 15 is 0 Å². The Morgan fingerprint density at radius 1 is 1.17 bits per heavy atom. The molecule has 2 aromatic carbocycles. The van der Waals surface area contributed by atoms with E-state index in [-0.39, 0.29) is 5.69 Å². The fourth-order valence-electron chi connectivity index (χ4n) is 2.26. The minimum absolute atomic E-state index is 0.0458. The molecule has 116 valence electrons. The third-order valence-corrected chi connectivity index (χ3v) is 3.52. The summed E-state index contributed by atoms with van der Waals surface area (Å²) in [6.45, 7) is 2.48. The van der Waals surface area contributed by atoms with E-state index in [1.54, 1.807) is 42.5 Å². The van der Waals surface area contributed by atoms with Crippen LogP contribution in [-0.2, 0) is 0 Å². The molecule has 5 nitrogen and oxygen atoms in total. The Balaban J connectivity index is 2.15. The van der Waals surface area contributed by atoms with Crippen LogP contribution < -0.4 is 4.74 Å². The third-order valence-electron chi connectivity index (χ3n) is 3.29. The number of benzene rings is 2. The number of nitrogens with zero attached hydrogens (tertiary/aromatic N) is 2. The highest BCUT2D eigenvalue weighted by Crippen LogP contribution is 2.25. The van der Waals surface area contributed by atoms with Gasteiger partial charge in [-0.05, 0) is 49.4 Å². The van der Waals surface area contributed by atoms with E-state index in [0.717, 1.165) is 5.75 Å². The Labute approximate surface area is 137 Å². The van der Waals surface area contributed by atoms with Crippen molar-refractivity contribution in [3.63, 3.8) is 0 Å². The average Bonchev–Trinajstić information content (AvgIpc) is 2.54. The number of halogens is 1. The second-order valence-corrected chi connectivity index (χ2v) is 5.26. The molecular formula is C17H13ClN2O3. The maximum atomic E-state index is 11.5. The first-order valence-corrected chi connectivity index (χ1v) is 7.40. The van der Waals surface area contributed by atoms with E-state index < -0.39 is 5.97 Å². The molecule has 0 bridgehead atoms. The van der Waals surface area contributed by atoms with Crippen molar-refractivity contribution in [2.75, 3.05) is 6.61 Å². The monoisotopic (exact) mass is 328 g/mol. The SMILES string of the molecule is CCOc1ccc(-c2nc(C(=O)O)c3ccc(Cl)cc3n2)cc1. The summed E-state index contributed by atoms with van der Waals surface area (Å²) in [5, 5.41) is 10.3. The molecule has 0 saturated carbocycles. The topological polar surface area (TPSA) is 72.3 Å². The quantitative estimate of drug-likeness (QED) is 0.782. The van der Waals surface area contributed by atoms with E-state index in [1.807, 2.05) is 6.92 Å². The summed E-state index contributed by atoms with van der Waals surface area (Å²) in [5.41, 5.74) is 1.15. The Bertz CT molecular complexity index is 879. The van der Waals surface area contributed by atoms with Crippen LogP contribution in [0.5, 0.6) is 5.75 Å². The van der Waals surface area contributed by atoms with Gasteiger partial charge in [-0.15, -0.1) is 0 Å². The number of hydrogen-bond acceptors (Lipinski definition) is 4. The predicted molar refractivity (Wildman–Crippen MR) is 88.1 cm³/mol. The maximum absolute atomic E-state index is 11.5. The molecule has 0 saturated heterocycles. The number of carboxylic acids is 1. The first-order valence-electron chi connectivity index (χ1n) is 7.02. The molecule has 23 heavy (non-hydrogen) atoms. The van der Waals surface area contributed by atoms with Gasteiger partial charge in [0.15, 0.2) is 11.5 Å². The van der Waals surface area contributed by atoms with Crippen molar-refractivity contribution >= 4 is 28.5 Å². The fraction of sp³-hybridized carbons (Fsp3) is 0.118. The molecule has 1 N–H and O–H groups in total. The largest absolute Gasteiger partial charge is 0.494 e. The summed E-state index contributed by atoms with van der Waals surface area (Å²) in [4.78, 5) is 20.1. The van der Waals surface area contributed by atoms with Gasteiger partial charge in [0.1, 0.15) is 5.75 Å². The van der Waals surface area contributed by atoms with Gasteiger partial charge in [0.2, 0.25) is 0 Å². The highest BCUT2D eigenvalue weighted by atomic mass is 35.5. The van der Waals surface area contributed by atoms with E-state index in [4.69, 9.17) is 16.3 Å². The molecule has 0 atom stereocenters. The molecule has 0 fully saturated rings. The summed E-state index contributed by atoms with van der Waals surface area (Å²) in [7, 11) is 0. The first-order chi connectivity index (χ1) is 11.1. The summed E-state index contributed by atoms with van der Waals surface area (Å²) >= 11 is 5.98. The van der Waals surface area contributed by atoms with E-state index in [0.29, 0.717) is 33.9 Å². The van der Waals surface area contributed by atoms with Crippen LogP contribution in [-0.4, -0.2) is 27.7 Å². The molecule has 0 aliphatic carbocycles. The molecule has 3 rings (SSSR count). The van der Waals surface area contributed by atoms with Gasteiger partial charge < -0.3 is 9.84 Å². The summed E-state index contributed by atoms with van der Waals surface area (Å²) in [5.74, 6) is -0.0364. The Kier molecular flexibility index (Phi) is 4.12. The number of carboxylic acid groups (broad SMARTS) is 1. The van der Waals surface area contributed by atoms with Crippen molar-refractivity contribution in [2.24, 2.45) is 0 Å². The number of fused-ring (bicyclic) bond motifs is 1. The smallest absolute Gasteiger partial charge is 0.355 e. The van der Waals surface area contributed by atoms with Gasteiger partial charge in [0.25, 0.3) is 0 Å². The van der Waals surface area contributed by atoms with Crippen molar-refractivity contribution < 1.29 is 14.6 Å². The zero-order valence-corrected chi connectivity index (χ0v) is 13.0. The second-order valence-electron chi connectivity index (χ2n) is 4.82. The zero-order chi connectivity index (χ0) is 16.4. The molecule has 3 aromatic rings. The minimum Gasteiger partial charge on any atom is -0.494 e. The third kappa shape index (κ3) is 3.10. The Morgan fingerprint density at radius 2 is 1.91 bits per heavy atom. The highest BCUT2D eigenvalue weighted by Gasteiger charge is 2.15. The van der Waals surface area contributed by atoms with Crippen LogP contribution in [0, 0.1) is 0 Å². The number of hydrogen-bond donors (Lipinski definition) is 1. The molecule has 0 aliphatic rings. The van der Waals surface area contributed by atoms with Crippen LogP contribution in [0.3, 0.4) is 0 Å². The molecular weight excluding hydrogens is 316 g/mol. The maximum Gasteiger partial charge on any atom is 0.355 e. The highest BCUT2D eigenvalue weighted by molar-refractivity contribution is 6.31. The minimum atomic E-state index is -1.10. The summed E-state index contributed by atoms with van der Waals surface area (Å²) < 4.78 is 5.39. The molecule has 1 heterocycles. The van der Waals surface area contributed by atoms with Gasteiger partial charge >= 0.3 is 5.97 Å². The van der Waals surface area contributed by atoms with Crippen LogP contribution in [0.25, 0.3) is 22.3 Å². The molecule has 0 radical (unpaired) electrons. The van der Waals surface area contributed by atoms with Crippen LogP contribution >= 0.6 is 11.6 Å².